The van der Waals surface area contributed by atoms with Crippen LogP contribution < -0.4 is 5.32 Å². The Bertz CT molecular complexity index is 487. The number of halogens is 4. The molecule has 2 rings (SSSR count). The van der Waals surface area contributed by atoms with Crippen LogP contribution in [0.4, 0.5) is 0 Å². The Morgan fingerprint density at radius 1 is 1.24 bits per heavy atom. The standard InChI is InChI=1S/C13H14BrCl3N2O2/c14-10-3-1-9(2-4-10)11(20)18-12(13(15,16)17)19-5-7-21-8-6-19/h1-4,12H,5-8H2,(H,18,20)/t12-/m1/s1. The third kappa shape index (κ3) is 4.98. The number of hydrogen-bond donors (Lipinski definition) is 1. The minimum Gasteiger partial charge on any atom is -0.379 e. The van der Waals surface area contributed by atoms with Crippen LogP contribution in [0.2, 0.25) is 0 Å². The van der Waals surface area contributed by atoms with Crippen molar-refractivity contribution in [1.82, 2.24) is 10.2 Å². The van der Waals surface area contributed by atoms with Gasteiger partial charge in [0.2, 0.25) is 3.79 Å². The molecule has 1 atom stereocenters. The zero-order valence-corrected chi connectivity index (χ0v) is 14.8. The van der Waals surface area contributed by atoms with Crippen molar-refractivity contribution in [2.45, 2.75) is 9.96 Å². The van der Waals surface area contributed by atoms with Crippen LogP contribution in [0.5, 0.6) is 0 Å². The van der Waals surface area contributed by atoms with Crippen LogP contribution in [0.1, 0.15) is 10.4 Å². The number of nitrogens with zero attached hydrogens (tertiary/aromatic N) is 1. The third-order valence-electron chi connectivity index (χ3n) is 3.10. The minimum atomic E-state index is -1.62. The van der Waals surface area contributed by atoms with Crippen LogP contribution in [0.3, 0.4) is 0 Å². The van der Waals surface area contributed by atoms with Crippen LogP contribution in [-0.2, 0) is 4.74 Å². The van der Waals surface area contributed by atoms with Crippen LogP contribution in [0.15, 0.2) is 28.7 Å². The lowest BCUT2D eigenvalue weighted by atomic mass is 10.2. The van der Waals surface area contributed by atoms with Gasteiger partial charge in [0, 0.05) is 23.1 Å². The van der Waals surface area contributed by atoms with Gasteiger partial charge >= 0.3 is 0 Å². The second-order valence-corrected chi connectivity index (χ2v) is 7.86. The van der Waals surface area contributed by atoms with Gasteiger partial charge in [0.1, 0.15) is 6.17 Å². The van der Waals surface area contributed by atoms with Gasteiger partial charge in [-0.2, -0.15) is 0 Å². The summed E-state index contributed by atoms with van der Waals surface area (Å²) in [6, 6.07) is 6.98. The topological polar surface area (TPSA) is 41.6 Å². The fourth-order valence-electron chi connectivity index (χ4n) is 2.02. The van der Waals surface area contributed by atoms with Crippen molar-refractivity contribution in [2.24, 2.45) is 0 Å². The molecule has 1 aliphatic rings. The molecule has 0 bridgehead atoms. The molecule has 1 N–H and O–H groups in total. The van der Waals surface area contributed by atoms with Gasteiger partial charge in [0.05, 0.1) is 13.2 Å². The maximum Gasteiger partial charge on any atom is 0.252 e. The molecule has 0 aromatic heterocycles. The molecule has 1 fully saturated rings. The maximum atomic E-state index is 12.3. The monoisotopic (exact) mass is 414 g/mol. The Balaban J connectivity index is 2.10. The number of benzene rings is 1. The molecule has 1 aliphatic heterocycles. The van der Waals surface area contributed by atoms with E-state index < -0.39 is 9.96 Å². The van der Waals surface area contributed by atoms with E-state index in [1.54, 1.807) is 24.3 Å². The number of hydrogen-bond acceptors (Lipinski definition) is 3. The number of carbonyl (C=O) groups is 1. The lowest BCUT2D eigenvalue weighted by Crippen LogP contribution is -2.58. The van der Waals surface area contributed by atoms with Crippen molar-refractivity contribution in [1.29, 1.82) is 0 Å². The quantitative estimate of drug-likeness (QED) is 0.770. The summed E-state index contributed by atoms with van der Waals surface area (Å²) in [6.45, 7) is 2.29. The van der Waals surface area contributed by atoms with Gasteiger partial charge in [-0.05, 0) is 24.3 Å². The SMILES string of the molecule is O=C(N[C@H](N1CCOCC1)C(Cl)(Cl)Cl)c1ccc(Br)cc1. The van der Waals surface area contributed by atoms with E-state index in [2.05, 4.69) is 21.2 Å². The molecule has 0 saturated carbocycles. The number of alkyl halides is 3. The summed E-state index contributed by atoms with van der Waals surface area (Å²) in [5.41, 5.74) is 0.505. The molecule has 1 amide bonds. The molecule has 0 unspecified atom stereocenters. The number of rotatable bonds is 3. The van der Waals surface area contributed by atoms with E-state index in [1.807, 2.05) is 4.90 Å². The van der Waals surface area contributed by atoms with Gasteiger partial charge in [0.25, 0.3) is 5.91 Å². The van der Waals surface area contributed by atoms with Crippen LogP contribution in [0, 0.1) is 0 Å². The van der Waals surface area contributed by atoms with Crippen LogP contribution in [0.25, 0.3) is 0 Å². The van der Waals surface area contributed by atoms with E-state index in [1.165, 1.54) is 0 Å². The third-order valence-corrected chi connectivity index (χ3v) is 4.24. The van der Waals surface area contributed by atoms with Gasteiger partial charge < -0.3 is 10.1 Å². The predicted octanol–water partition coefficient (Wildman–Crippen LogP) is 3.21. The lowest BCUT2D eigenvalue weighted by Gasteiger charge is -2.38. The average molecular weight is 417 g/mol. The summed E-state index contributed by atoms with van der Waals surface area (Å²) in [5, 5.41) is 2.78. The Hall–Kier alpha value is -0.0400. The molecule has 0 aliphatic carbocycles. The first-order chi connectivity index (χ1) is 9.88. The number of amides is 1. The average Bonchev–Trinajstić information content (AvgIpc) is 2.45. The van der Waals surface area contributed by atoms with Crippen molar-refractivity contribution >= 4 is 56.6 Å². The fraction of sp³-hybridized carbons (Fsp3) is 0.462. The first-order valence-electron chi connectivity index (χ1n) is 6.33. The van der Waals surface area contributed by atoms with E-state index >= 15 is 0 Å². The Morgan fingerprint density at radius 2 is 1.81 bits per heavy atom. The number of nitrogens with one attached hydrogen (secondary N) is 1. The summed E-state index contributed by atoms with van der Waals surface area (Å²) >= 11 is 21.4. The van der Waals surface area contributed by atoms with Crippen molar-refractivity contribution in [2.75, 3.05) is 26.3 Å². The maximum absolute atomic E-state index is 12.3. The van der Waals surface area contributed by atoms with Gasteiger partial charge in [-0.1, -0.05) is 50.7 Å². The molecule has 1 aromatic rings. The summed E-state index contributed by atoms with van der Waals surface area (Å²) in [6.07, 6.45) is -0.706. The Morgan fingerprint density at radius 3 is 2.33 bits per heavy atom. The van der Waals surface area contributed by atoms with Crippen LogP contribution in [-0.4, -0.2) is 47.1 Å². The summed E-state index contributed by atoms with van der Waals surface area (Å²) < 4.78 is 4.55. The van der Waals surface area contributed by atoms with E-state index in [9.17, 15) is 4.79 Å². The van der Waals surface area contributed by atoms with Crippen molar-refractivity contribution in [3.8, 4) is 0 Å². The summed E-state index contributed by atoms with van der Waals surface area (Å²) in [7, 11) is 0. The molecule has 1 aromatic carbocycles. The van der Waals surface area contributed by atoms with E-state index in [4.69, 9.17) is 39.5 Å². The van der Waals surface area contributed by atoms with Crippen LogP contribution >= 0.6 is 50.7 Å². The molecule has 0 radical (unpaired) electrons. The first kappa shape index (κ1) is 17.3. The zero-order valence-electron chi connectivity index (χ0n) is 11.0. The highest BCUT2D eigenvalue weighted by molar-refractivity contribution is 9.10. The van der Waals surface area contributed by atoms with E-state index in [-0.39, 0.29) is 5.91 Å². The van der Waals surface area contributed by atoms with Gasteiger partial charge in [-0.3, -0.25) is 9.69 Å². The summed E-state index contributed by atoms with van der Waals surface area (Å²) in [4.78, 5) is 14.2. The Kier molecular flexibility index (Phi) is 6.17. The number of ether oxygens (including phenoxy) is 1. The van der Waals surface area contributed by atoms with Crippen molar-refractivity contribution in [3.63, 3.8) is 0 Å². The van der Waals surface area contributed by atoms with Gasteiger partial charge in [-0.15, -0.1) is 0 Å². The number of morpholine rings is 1. The fourth-order valence-corrected chi connectivity index (χ4v) is 2.87. The second kappa shape index (κ2) is 7.49. The van der Waals surface area contributed by atoms with E-state index in [0.29, 0.717) is 31.9 Å². The predicted molar refractivity (Wildman–Crippen MR) is 88.1 cm³/mol. The first-order valence-corrected chi connectivity index (χ1v) is 8.25. The minimum absolute atomic E-state index is 0.287. The molecule has 116 valence electrons. The molecule has 1 saturated heterocycles. The highest BCUT2D eigenvalue weighted by Gasteiger charge is 2.39. The van der Waals surface area contributed by atoms with Gasteiger partial charge in [-0.25, -0.2) is 0 Å². The lowest BCUT2D eigenvalue weighted by molar-refractivity contribution is 0.00996. The van der Waals surface area contributed by atoms with Crippen molar-refractivity contribution in [3.05, 3.63) is 34.3 Å². The highest BCUT2D eigenvalue weighted by atomic mass is 79.9. The van der Waals surface area contributed by atoms with Crippen molar-refractivity contribution < 1.29 is 9.53 Å². The normalized spacial score (nSPS) is 18.3. The molecular weight excluding hydrogens is 402 g/mol. The van der Waals surface area contributed by atoms with Gasteiger partial charge in [0.15, 0.2) is 0 Å². The second-order valence-electron chi connectivity index (χ2n) is 4.57. The largest absolute Gasteiger partial charge is 0.379 e. The number of carbonyl (C=O) groups excluding carboxylic acids is 1. The molecule has 8 heteroatoms. The Labute approximate surface area is 146 Å². The molecule has 0 spiro atoms. The molecule has 21 heavy (non-hydrogen) atoms. The highest BCUT2D eigenvalue weighted by Crippen LogP contribution is 2.32. The molecule has 1 heterocycles. The zero-order chi connectivity index (χ0) is 15.5. The smallest absolute Gasteiger partial charge is 0.252 e. The summed E-state index contributed by atoms with van der Waals surface area (Å²) in [5.74, 6) is -0.287. The van der Waals surface area contributed by atoms with E-state index in [0.717, 1.165) is 4.47 Å². The molecular formula is C13H14BrCl3N2O2. The molecule has 4 nitrogen and oxygen atoms in total.